The first-order valence-electron chi connectivity index (χ1n) is 8.80. The number of fused-ring (bicyclic) bond motifs is 1. The van der Waals surface area contributed by atoms with Crippen molar-refractivity contribution in [3.63, 3.8) is 0 Å². The Morgan fingerprint density at radius 3 is 2.42 bits per heavy atom. The van der Waals surface area contributed by atoms with Crippen LogP contribution in [0.4, 0.5) is 5.69 Å². The average molecular weight is 337 g/mol. The van der Waals surface area contributed by atoms with E-state index in [0.29, 0.717) is 0 Å². The predicted molar refractivity (Wildman–Crippen MR) is 109 cm³/mol. The number of hydrogen-bond acceptors (Lipinski definition) is 1. The van der Waals surface area contributed by atoms with Crippen LogP contribution in [0, 0.1) is 6.92 Å². The van der Waals surface area contributed by atoms with Crippen molar-refractivity contribution in [3.8, 4) is 11.3 Å². The lowest BCUT2D eigenvalue weighted by Crippen LogP contribution is -2.30. The Labute approximate surface area is 154 Å². The summed E-state index contributed by atoms with van der Waals surface area (Å²) in [7, 11) is 2.07. The van der Waals surface area contributed by atoms with Crippen LogP contribution in [0.3, 0.4) is 0 Å². The van der Waals surface area contributed by atoms with Crippen molar-refractivity contribution in [3.05, 3.63) is 96.2 Å². The molecule has 0 amide bonds. The highest BCUT2D eigenvalue weighted by atomic mass is 14.9. The lowest BCUT2D eigenvalue weighted by molar-refractivity contribution is -0.659. The van der Waals surface area contributed by atoms with Gasteiger partial charge >= 0.3 is 0 Å². The summed E-state index contributed by atoms with van der Waals surface area (Å²) in [5.74, 6) is 0. The molecule has 1 heterocycles. The zero-order valence-electron chi connectivity index (χ0n) is 15.1. The van der Waals surface area contributed by atoms with E-state index in [9.17, 15) is 0 Å². The zero-order chi connectivity index (χ0) is 17.9. The molecule has 1 aromatic heterocycles. The molecule has 126 valence electrons. The van der Waals surface area contributed by atoms with Crippen molar-refractivity contribution in [1.82, 2.24) is 0 Å². The fraction of sp³-hybridized carbons (Fsp3) is 0.0833. The van der Waals surface area contributed by atoms with Crippen LogP contribution >= 0.6 is 0 Å². The normalized spacial score (nSPS) is 11.3. The molecular weight excluding hydrogens is 316 g/mol. The fourth-order valence-electron chi connectivity index (χ4n) is 3.40. The average Bonchev–Trinajstić information content (AvgIpc) is 2.68. The standard InChI is InChI=1S/C24H21N2/c1-18-21-12-7-6-11-20(21)14-15-22(18)24-23(13-8-16-26(24)2)25-17-19-9-4-3-5-10-19/h3-17H,1-2H3/q+1. The van der Waals surface area contributed by atoms with Crippen LogP contribution in [0.5, 0.6) is 0 Å². The molecule has 0 atom stereocenters. The third-order valence-electron chi connectivity index (χ3n) is 4.76. The van der Waals surface area contributed by atoms with E-state index in [1.807, 2.05) is 30.5 Å². The van der Waals surface area contributed by atoms with Gasteiger partial charge in [0.1, 0.15) is 12.7 Å². The molecular formula is C24H21N2+. The molecule has 0 radical (unpaired) electrons. The Balaban J connectivity index is 1.87. The third-order valence-corrected chi connectivity index (χ3v) is 4.76. The lowest BCUT2D eigenvalue weighted by Gasteiger charge is -2.10. The predicted octanol–water partition coefficient (Wildman–Crippen LogP) is 5.39. The first-order valence-corrected chi connectivity index (χ1v) is 8.80. The number of aromatic nitrogens is 1. The number of aliphatic imine (C=N–C) groups is 1. The van der Waals surface area contributed by atoms with Crippen LogP contribution in [0.2, 0.25) is 0 Å². The number of hydrogen-bond donors (Lipinski definition) is 0. The Hall–Kier alpha value is -3.26. The molecule has 2 heteroatoms. The SMILES string of the molecule is Cc1c(-c2c(N=Cc3ccccc3)ccc[n+]2C)ccc2ccccc12. The van der Waals surface area contributed by atoms with Crippen LogP contribution in [0.1, 0.15) is 11.1 Å². The van der Waals surface area contributed by atoms with Crippen molar-refractivity contribution in [2.24, 2.45) is 12.0 Å². The van der Waals surface area contributed by atoms with E-state index in [-0.39, 0.29) is 0 Å². The summed E-state index contributed by atoms with van der Waals surface area (Å²) in [6, 6.07) is 27.2. The molecule has 4 rings (SSSR count). The molecule has 2 nitrogen and oxygen atoms in total. The van der Waals surface area contributed by atoms with E-state index in [1.165, 1.54) is 21.9 Å². The second-order valence-corrected chi connectivity index (χ2v) is 6.48. The first kappa shape index (κ1) is 16.2. The molecule has 0 N–H and O–H groups in total. The highest BCUT2D eigenvalue weighted by Crippen LogP contribution is 2.33. The van der Waals surface area contributed by atoms with E-state index in [2.05, 4.69) is 79.3 Å². The molecule has 0 aliphatic carbocycles. The van der Waals surface area contributed by atoms with Crippen LogP contribution in [-0.4, -0.2) is 6.21 Å². The van der Waals surface area contributed by atoms with Gasteiger partial charge in [-0.2, -0.15) is 4.57 Å². The van der Waals surface area contributed by atoms with E-state index in [1.54, 1.807) is 0 Å². The van der Waals surface area contributed by atoms with Crippen LogP contribution in [0.25, 0.3) is 22.0 Å². The number of aryl methyl sites for hydroxylation is 2. The maximum absolute atomic E-state index is 4.79. The highest BCUT2D eigenvalue weighted by Gasteiger charge is 2.18. The van der Waals surface area contributed by atoms with Gasteiger partial charge in [-0.1, -0.05) is 60.7 Å². The zero-order valence-corrected chi connectivity index (χ0v) is 15.1. The smallest absolute Gasteiger partial charge is 0.238 e. The fourth-order valence-corrected chi connectivity index (χ4v) is 3.40. The van der Waals surface area contributed by atoms with Crippen molar-refractivity contribution >= 4 is 22.7 Å². The number of benzene rings is 3. The molecule has 0 saturated heterocycles. The van der Waals surface area contributed by atoms with Crippen molar-refractivity contribution < 1.29 is 4.57 Å². The van der Waals surface area contributed by atoms with Gasteiger partial charge < -0.3 is 0 Å². The van der Waals surface area contributed by atoms with Crippen molar-refractivity contribution in [1.29, 1.82) is 0 Å². The van der Waals surface area contributed by atoms with Gasteiger partial charge in [0.15, 0.2) is 6.20 Å². The minimum atomic E-state index is 0.970. The van der Waals surface area contributed by atoms with E-state index in [4.69, 9.17) is 4.99 Å². The van der Waals surface area contributed by atoms with Gasteiger partial charge in [0.05, 0.1) is 5.56 Å². The van der Waals surface area contributed by atoms with Crippen molar-refractivity contribution in [2.75, 3.05) is 0 Å². The molecule has 26 heavy (non-hydrogen) atoms. The van der Waals surface area contributed by atoms with Gasteiger partial charge in [-0.3, -0.25) is 0 Å². The van der Waals surface area contributed by atoms with Gasteiger partial charge in [0, 0.05) is 12.3 Å². The molecule has 0 saturated carbocycles. The summed E-state index contributed by atoms with van der Waals surface area (Å²) in [6.07, 6.45) is 4.00. The van der Waals surface area contributed by atoms with Gasteiger partial charge in [0.2, 0.25) is 5.69 Å². The molecule has 0 spiro atoms. The highest BCUT2D eigenvalue weighted by molar-refractivity contribution is 5.92. The molecule has 4 aromatic rings. The van der Waals surface area contributed by atoms with Crippen molar-refractivity contribution in [2.45, 2.75) is 6.92 Å². The number of pyridine rings is 1. The molecule has 0 aliphatic rings. The minimum Gasteiger partial charge on any atom is -0.249 e. The molecule has 3 aromatic carbocycles. The number of rotatable bonds is 3. The van der Waals surface area contributed by atoms with Crippen LogP contribution in [0.15, 0.2) is 90.1 Å². The second-order valence-electron chi connectivity index (χ2n) is 6.48. The largest absolute Gasteiger partial charge is 0.249 e. The summed E-state index contributed by atoms with van der Waals surface area (Å²) in [5, 5.41) is 2.55. The Morgan fingerprint density at radius 1 is 0.808 bits per heavy atom. The van der Waals surface area contributed by atoms with Gasteiger partial charge in [-0.15, -0.1) is 0 Å². The second kappa shape index (κ2) is 6.93. The molecule has 0 bridgehead atoms. The third kappa shape index (κ3) is 3.02. The van der Waals surface area contributed by atoms with E-state index < -0.39 is 0 Å². The van der Waals surface area contributed by atoms with Crippen LogP contribution in [-0.2, 0) is 7.05 Å². The van der Waals surface area contributed by atoms with E-state index >= 15 is 0 Å². The van der Waals surface area contributed by atoms with Gasteiger partial charge in [-0.05, 0) is 41.0 Å². The summed E-state index contributed by atoms with van der Waals surface area (Å²) in [4.78, 5) is 4.79. The summed E-state index contributed by atoms with van der Waals surface area (Å²) >= 11 is 0. The summed E-state index contributed by atoms with van der Waals surface area (Å²) < 4.78 is 2.15. The minimum absolute atomic E-state index is 0.970. The first-order chi connectivity index (χ1) is 12.7. The molecule has 0 fully saturated rings. The lowest BCUT2D eigenvalue weighted by atomic mass is 9.97. The van der Waals surface area contributed by atoms with Gasteiger partial charge in [0.25, 0.3) is 0 Å². The maximum Gasteiger partial charge on any atom is 0.238 e. The Kier molecular flexibility index (Phi) is 4.32. The van der Waals surface area contributed by atoms with Gasteiger partial charge in [-0.25, -0.2) is 4.99 Å². The monoisotopic (exact) mass is 337 g/mol. The quantitative estimate of drug-likeness (QED) is 0.352. The molecule has 0 unspecified atom stereocenters. The van der Waals surface area contributed by atoms with E-state index in [0.717, 1.165) is 16.9 Å². The molecule has 0 aliphatic heterocycles. The Bertz CT molecular complexity index is 1100. The topological polar surface area (TPSA) is 16.2 Å². The maximum atomic E-state index is 4.79. The number of nitrogens with zero attached hydrogens (tertiary/aromatic N) is 2. The van der Waals surface area contributed by atoms with Crippen LogP contribution < -0.4 is 4.57 Å². The summed E-state index contributed by atoms with van der Waals surface area (Å²) in [6.45, 7) is 2.19. The summed E-state index contributed by atoms with van der Waals surface area (Å²) in [5.41, 5.74) is 5.69. The Morgan fingerprint density at radius 2 is 1.58 bits per heavy atom.